The van der Waals surface area contributed by atoms with Crippen LogP contribution in [-0.2, 0) is 4.79 Å². The molecule has 2 fully saturated rings. The summed E-state index contributed by atoms with van der Waals surface area (Å²) in [6, 6.07) is 0. The van der Waals surface area contributed by atoms with Gasteiger partial charge in [-0.2, -0.15) is 0 Å². The lowest BCUT2D eigenvalue weighted by atomic mass is 9.47. The zero-order valence-corrected chi connectivity index (χ0v) is 11.0. The van der Waals surface area contributed by atoms with E-state index in [1.54, 1.807) is 0 Å². The molecule has 1 unspecified atom stereocenters. The summed E-state index contributed by atoms with van der Waals surface area (Å²) < 4.78 is 0. The molecule has 0 bridgehead atoms. The van der Waals surface area contributed by atoms with Crippen LogP contribution < -0.4 is 0 Å². The number of aliphatic hydroxyl groups excluding tert-OH is 1. The van der Waals surface area contributed by atoms with Crippen molar-refractivity contribution in [3.05, 3.63) is 12.7 Å². The summed E-state index contributed by atoms with van der Waals surface area (Å²) in [4.78, 5) is 12.4. The third kappa shape index (κ3) is 1.69. The van der Waals surface area contributed by atoms with Crippen LogP contribution in [0, 0.1) is 22.7 Å². The summed E-state index contributed by atoms with van der Waals surface area (Å²) in [7, 11) is 0. The minimum absolute atomic E-state index is 0.00336. The maximum atomic E-state index is 12.4. The number of aliphatic hydroxyl groups is 1. The maximum Gasteiger partial charge on any atom is 0.142 e. The van der Waals surface area contributed by atoms with Gasteiger partial charge in [-0.25, -0.2) is 0 Å². The van der Waals surface area contributed by atoms with Crippen LogP contribution >= 0.6 is 0 Å². The molecule has 0 aliphatic heterocycles. The van der Waals surface area contributed by atoms with Crippen molar-refractivity contribution < 1.29 is 9.90 Å². The number of fused-ring (bicyclic) bond motifs is 1. The van der Waals surface area contributed by atoms with Crippen LogP contribution in [0.5, 0.6) is 0 Å². The van der Waals surface area contributed by atoms with E-state index < -0.39 is 5.41 Å². The highest BCUT2D eigenvalue weighted by Crippen LogP contribution is 2.58. The number of rotatable bonds is 2. The highest BCUT2D eigenvalue weighted by Gasteiger charge is 2.58. The highest BCUT2D eigenvalue weighted by molar-refractivity contribution is 5.87. The Labute approximate surface area is 104 Å². The Morgan fingerprint density at radius 2 is 2.18 bits per heavy atom. The summed E-state index contributed by atoms with van der Waals surface area (Å²) in [6.45, 7) is 8.38. The summed E-state index contributed by atoms with van der Waals surface area (Å²) in [5.41, 5.74) is -0.361. The number of carbonyl (C=O) groups is 1. The van der Waals surface area contributed by atoms with Gasteiger partial charge in [-0.05, 0) is 36.5 Å². The van der Waals surface area contributed by atoms with Crippen molar-refractivity contribution in [2.45, 2.75) is 46.0 Å². The number of carbonyl (C=O) groups excluding carboxylic acids is 1. The van der Waals surface area contributed by atoms with Gasteiger partial charge in [0.15, 0.2) is 0 Å². The van der Waals surface area contributed by atoms with E-state index in [0.717, 1.165) is 25.7 Å². The standard InChI is InChI=1S/C15H24O2/c1-4-11-6-5-7-12-14(2,3)9-8-13(17)15(11,12)10-16/h4,11-12,16H,1,5-10H2,2-3H3/t11-,12?,15-/m0/s1. The third-order valence-electron chi connectivity index (χ3n) is 5.30. The summed E-state index contributed by atoms with van der Waals surface area (Å²) in [5, 5.41) is 9.91. The molecule has 2 aliphatic carbocycles. The van der Waals surface area contributed by atoms with Crippen LogP contribution in [0.4, 0.5) is 0 Å². The van der Waals surface area contributed by atoms with Gasteiger partial charge in [-0.15, -0.1) is 6.58 Å². The van der Waals surface area contributed by atoms with E-state index in [2.05, 4.69) is 20.4 Å². The van der Waals surface area contributed by atoms with Crippen LogP contribution in [0.3, 0.4) is 0 Å². The lowest BCUT2D eigenvalue weighted by Gasteiger charge is -2.56. The molecular weight excluding hydrogens is 212 g/mol. The van der Waals surface area contributed by atoms with E-state index in [-0.39, 0.29) is 23.7 Å². The molecule has 0 aromatic rings. The van der Waals surface area contributed by atoms with Crippen LogP contribution in [-0.4, -0.2) is 17.5 Å². The molecule has 17 heavy (non-hydrogen) atoms. The van der Waals surface area contributed by atoms with Gasteiger partial charge in [0.1, 0.15) is 5.78 Å². The molecule has 0 aromatic heterocycles. The number of allylic oxidation sites excluding steroid dienone is 1. The van der Waals surface area contributed by atoms with Crippen LogP contribution in [0.2, 0.25) is 0 Å². The fourth-order valence-corrected chi connectivity index (χ4v) is 4.29. The molecule has 0 heterocycles. The van der Waals surface area contributed by atoms with Crippen LogP contribution in [0.1, 0.15) is 46.0 Å². The second-order valence-electron chi connectivity index (χ2n) is 6.44. The Morgan fingerprint density at radius 1 is 1.47 bits per heavy atom. The predicted molar refractivity (Wildman–Crippen MR) is 68.6 cm³/mol. The van der Waals surface area contributed by atoms with E-state index >= 15 is 0 Å². The predicted octanol–water partition coefficient (Wildman–Crippen LogP) is 2.96. The second-order valence-corrected chi connectivity index (χ2v) is 6.44. The lowest BCUT2D eigenvalue weighted by molar-refractivity contribution is -0.158. The van der Waals surface area contributed by atoms with Crippen molar-refractivity contribution in [1.82, 2.24) is 0 Å². The van der Waals surface area contributed by atoms with Gasteiger partial charge < -0.3 is 5.11 Å². The normalized spacial score (nSPS) is 40.8. The topological polar surface area (TPSA) is 37.3 Å². The van der Waals surface area contributed by atoms with E-state index in [1.165, 1.54) is 0 Å². The van der Waals surface area contributed by atoms with Gasteiger partial charge in [-0.1, -0.05) is 26.3 Å². The summed E-state index contributed by atoms with van der Waals surface area (Å²) in [5.74, 6) is 0.755. The molecule has 0 aromatic carbocycles. The maximum absolute atomic E-state index is 12.4. The van der Waals surface area contributed by atoms with Gasteiger partial charge >= 0.3 is 0 Å². The van der Waals surface area contributed by atoms with Crippen molar-refractivity contribution >= 4 is 5.78 Å². The van der Waals surface area contributed by atoms with E-state index in [9.17, 15) is 9.90 Å². The molecule has 2 aliphatic rings. The SMILES string of the molecule is C=C[C@H]1CCCC2C(C)(C)CCC(=O)[C@]21CO. The van der Waals surface area contributed by atoms with Gasteiger partial charge in [-0.3, -0.25) is 4.79 Å². The minimum Gasteiger partial charge on any atom is -0.395 e. The molecule has 96 valence electrons. The van der Waals surface area contributed by atoms with Crippen molar-refractivity contribution in [3.8, 4) is 0 Å². The first-order valence-electron chi connectivity index (χ1n) is 6.76. The number of hydrogen-bond acceptors (Lipinski definition) is 2. The Balaban J connectivity index is 2.48. The van der Waals surface area contributed by atoms with Crippen molar-refractivity contribution in [1.29, 1.82) is 0 Å². The van der Waals surface area contributed by atoms with Crippen molar-refractivity contribution in [3.63, 3.8) is 0 Å². The number of Topliss-reactive ketones (excluding diaryl/α,β-unsaturated/α-hetero) is 1. The Morgan fingerprint density at radius 3 is 2.76 bits per heavy atom. The number of ketones is 1. The average molecular weight is 236 g/mol. The highest BCUT2D eigenvalue weighted by atomic mass is 16.3. The Kier molecular flexibility index (Phi) is 3.19. The first-order chi connectivity index (χ1) is 7.99. The molecule has 3 atom stereocenters. The van der Waals surface area contributed by atoms with Gasteiger partial charge in [0.2, 0.25) is 0 Å². The average Bonchev–Trinajstić information content (AvgIpc) is 2.33. The summed E-state index contributed by atoms with van der Waals surface area (Å²) >= 11 is 0. The molecular formula is C15H24O2. The lowest BCUT2D eigenvalue weighted by Crippen LogP contribution is -2.57. The zero-order valence-electron chi connectivity index (χ0n) is 11.0. The molecule has 1 N–H and O–H groups in total. The molecule has 2 rings (SSSR count). The van der Waals surface area contributed by atoms with Crippen molar-refractivity contribution in [2.24, 2.45) is 22.7 Å². The molecule has 0 saturated heterocycles. The zero-order chi connectivity index (χ0) is 12.7. The largest absolute Gasteiger partial charge is 0.395 e. The molecule has 2 saturated carbocycles. The Hall–Kier alpha value is -0.630. The fraction of sp³-hybridized carbons (Fsp3) is 0.800. The fourth-order valence-electron chi connectivity index (χ4n) is 4.29. The molecule has 0 radical (unpaired) electrons. The van der Waals surface area contributed by atoms with E-state index in [4.69, 9.17) is 0 Å². The molecule has 0 amide bonds. The van der Waals surface area contributed by atoms with Crippen LogP contribution in [0.25, 0.3) is 0 Å². The smallest absolute Gasteiger partial charge is 0.142 e. The summed E-state index contributed by atoms with van der Waals surface area (Å²) in [6.07, 6.45) is 6.71. The first-order valence-corrected chi connectivity index (χ1v) is 6.76. The van der Waals surface area contributed by atoms with Gasteiger partial charge in [0.25, 0.3) is 0 Å². The van der Waals surface area contributed by atoms with Crippen molar-refractivity contribution in [2.75, 3.05) is 6.61 Å². The van der Waals surface area contributed by atoms with Gasteiger partial charge in [0, 0.05) is 6.42 Å². The second kappa shape index (κ2) is 4.24. The quantitative estimate of drug-likeness (QED) is 0.748. The molecule has 2 heteroatoms. The first kappa shape index (κ1) is 12.8. The number of hydrogen-bond donors (Lipinski definition) is 1. The Bertz CT molecular complexity index is 332. The van der Waals surface area contributed by atoms with Crippen LogP contribution in [0.15, 0.2) is 12.7 Å². The molecule has 0 spiro atoms. The molecule has 2 nitrogen and oxygen atoms in total. The van der Waals surface area contributed by atoms with E-state index in [1.807, 2.05) is 6.08 Å². The van der Waals surface area contributed by atoms with E-state index in [0.29, 0.717) is 12.3 Å². The minimum atomic E-state index is -0.526. The monoisotopic (exact) mass is 236 g/mol. The van der Waals surface area contributed by atoms with Gasteiger partial charge in [0.05, 0.1) is 12.0 Å². The third-order valence-corrected chi connectivity index (χ3v) is 5.30.